The second kappa shape index (κ2) is 9.15. The number of nitrogens with one attached hydrogen (secondary N) is 1. The van der Waals surface area contributed by atoms with E-state index in [9.17, 15) is 13.2 Å². The summed E-state index contributed by atoms with van der Waals surface area (Å²) in [5.41, 5.74) is 2.66. The molecule has 0 bridgehead atoms. The molecule has 1 saturated heterocycles. The maximum Gasteiger partial charge on any atom is 0.251 e. The fourth-order valence-corrected chi connectivity index (χ4v) is 4.72. The normalized spacial score (nSPS) is 15.9. The third-order valence-corrected chi connectivity index (χ3v) is 6.73. The molecule has 0 radical (unpaired) electrons. The second-order valence-electron chi connectivity index (χ2n) is 6.83. The minimum absolute atomic E-state index is 0.0547. The van der Waals surface area contributed by atoms with E-state index in [0.717, 1.165) is 36.8 Å². The number of carbonyl (C=O) groups excluding carboxylic acids is 1. The summed E-state index contributed by atoms with van der Waals surface area (Å²) >= 11 is 0. The van der Waals surface area contributed by atoms with Crippen LogP contribution in [0.4, 0.5) is 0 Å². The molecule has 0 spiro atoms. The van der Waals surface area contributed by atoms with Crippen molar-refractivity contribution in [1.82, 2.24) is 9.62 Å². The molecule has 2 aromatic carbocycles. The fraction of sp³-hybridized carbons (Fsp3) is 0.381. The Morgan fingerprint density at radius 1 is 0.852 bits per heavy atom. The van der Waals surface area contributed by atoms with Gasteiger partial charge in [0.2, 0.25) is 10.0 Å². The van der Waals surface area contributed by atoms with Crippen LogP contribution in [-0.2, 0) is 10.0 Å². The van der Waals surface area contributed by atoms with E-state index in [1.54, 1.807) is 16.4 Å². The second-order valence-corrected chi connectivity index (χ2v) is 8.92. The number of carbonyl (C=O) groups is 1. The van der Waals surface area contributed by atoms with E-state index in [2.05, 4.69) is 5.32 Å². The van der Waals surface area contributed by atoms with Gasteiger partial charge >= 0.3 is 0 Å². The van der Waals surface area contributed by atoms with Crippen LogP contribution in [0.5, 0.6) is 0 Å². The molecule has 0 aromatic heterocycles. The standard InChI is InChI=1S/C21H26N2O3S/c24-21(20-12-10-19(11-13-20)18-8-4-3-5-9-18)22-14-17-27(25,26)23-15-6-1-2-7-16-23/h3-5,8-13H,1-2,6-7,14-17H2,(H,22,24). The van der Waals surface area contributed by atoms with Crippen molar-refractivity contribution < 1.29 is 13.2 Å². The van der Waals surface area contributed by atoms with Crippen LogP contribution >= 0.6 is 0 Å². The van der Waals surface area contributed by atoms with E-state index in [1.807, 2.05) is 42.5 Å². The molecule has 1 heterocycles. The van der Waals surface area contributed by atoms with E-state index in [0.29, 0.717) is 18.7 Å². The number of rotatable bonds is 6. The Morgan fingerprint density at radius 3 is 2.07 bits per heavy atom. The van der Waals surface area contributed by atoms with Gasteiger partial charge in [0.05, 0.1) is 5.75 Å². The van der Waals surface area contributed by atoms with Crippen LogP contribution in [0, 0.1) is 0 Å². The van der Waals surface area contributed by atoms with Gasteiger partial charge in [0.15, 0.2) is 0 Å². The predicted octanol–water partition coefficient (Wildman–Crippen LogP) is 3.29. The van der Waals surface area contributed by atoms with Crippen LogP contribution in [0.15, 0.2) is 54.6 Å². The van der Waals surface area contributed by atoms with E-state index in [4.69, 9.17) is 0 Å². The molecule has 5 nitrogen and oxygen atoms in total. The van der Waals surface area contributed by atoms with Crippen LogP contribution in [-0.4, -0.2) is 44.0 Å². The lowest BCUT2D eigenvalue weighted by Crippen LogP contribution is -2.38. The largest absolute Gasteiger partial charge is 0.351 e. The third kappa shape index (κ3) is 5.40. The molecule has 27 heavy (non-hydrogen) atoms. The van der Waals surface area contributed by atoms with Gasteiger partial charge in [0.1, 0.15) is 0 Å². The maximum atomic E-state index is 12.4. The lowest BCUT2D eigenvalue weighted by molar-refractivity contribution is 0.0956. The molecule has 1 aliphatic heterocycles. The summed E-state index contributed by atoms with van der Waals surface area (Å²) in [5.74, 6) is -0.304. The zero-order valence-corrected chi connectivity index (χ0v) is 16.2. The summed E-state index contributed by atoms with van der Waals surface area (Å²) in [6.07, 6.45) is 4.00. The number of nitrogens with zero attached hydrogens (tertiary/aromatic N) is 1. The molecule has 1 N–H and O–H groups in total. The monoisotopic (exact) mass is 386 g/mol. The van der Waals surface area contributed by atoms with Crippen molar-refractivity contribution in [3.8, 4) is 11.1 Å². The average Bonchev–Trinajstić information content (AvgIpc) is 2.99. The van der Waals surface area contributed by atoms with E-state index in [-0.39, 0.29) is 18.2 Å². The van der Waals surface area contributed by atoms with Crippen LogP contribution in [0.25, 0.3) is 11.1 Å². The van der Waals surface area contributed by atoms with Gasteiger partial charge in [-0.15, -0.1) is 0 Å². The van der Waals surface area contributed by atoms with Gasteiger partial charge in [-0.3, -0.25) is 4.79 Å². The van der Waals surface area contributed by atoms with Crippen molar-refractivity contribution in [2.24, 2.45) is 0 Å². The first kappa shape index (κ1) is 19.6. The van der Waals surface area contributed by atoms with Gasteiger partial charge in [-0.05, 0) is 36.1 Å². The number of amides is 1. The lowest BCUT2D eigenvalue weighted by atomic mass is 10.0. The molecular formula is C21H26N2O3S. The molecule has 1 amide bonds. The zero-order chi connectivity index (χ0) is 19.1. The van der Waals surface area contributed by atoms with Gasteiger partial charge in [-0.1, -0.05) is 55.3 Å². The van der Waals surface area contributed by atoms with Gasteiger partial charge in [-0.2, -0.15) is 0 Å². The highest BCUT2D eigenvalue weighted by Gasteiger charge is 2.22. The summed E-state index contributed by atoms with van der Waals surface area (Å²) in [6.45, 7) is 1.31. The van der Waals surface area contributed by atoms with Gasteiger partial charge in [0, 0.05) is 25.2 Å². The Hall–Kier alpha value is -2.18. The van der Waals surface area contributed by atoms with E-state index < -0.39 is 10.0 Å². The molecule has 2 aromatic rings. The lowest BCUT2D eigenvalue weighted by Gasteiger charge is -2.19. The molecule has 1 aliphatic rings. The fourth-order valence-electron chi connectivity index (χ4n) is 3.29. The first-order chi connectivity index (χ1) is 13.1. The molecule has 0 aliphatic carbocycles. The number of benzene rings is 2. The third-order valence-electron chi connectivity index (χ3n) is 4.86. The Bertz CT molecular complexity index is 841. The van der Waals surface area contributed by atoms with Crippen molar-refractivity contribution in [3.05, 3.63) is 60.2 Å². The summed E-state index contributed by atoms with van der Waals surface area (Å²) in [4.78, 5) is 12.3. The first-order valence-corrected chi connectivity index (χ1v) is 11.1. The number of hydrogen-bond acceptors (Lipinski definition) is 3. The molecule has 6 heteroatoms. The SMILES string of the molecule is O=C(NCCS(=O)(=O)N1CCCCCC1)c1ccc(-c2ccccc2)cc1. The Kier molecular flexibility index (Phi) is 6.63. The molecule has 0 unspecified atom stereocenters. The number of sulfonamides is 1. The van der Waals surface area contributed by atoms with Gasteiger partial charge < -0.3 is 5.32 Å². The Morgan fingerprint density at radius 2 is 1.44 bits per heavy atom. The van der Waals surface area contributed by atoms with E-state index in [1.165, 1.54) is 0 Å². The Balaban J connectivity index is 1.53. The highest BCUT2D eigenvalue weighted by Crippen LogP contribution is 2.19. The van der Waals surface area contributed by atoms with E-state index >= 15 is 0 Å². The van der Waals surface area contributed by atoms with Crippen molar-refractivity contribution in [2.75, 3.05) is 25.4 Å². The highest BCUT2D eigenvalue weighted by molar-refractivity contribution is 7.89. The summed E-state index contributed by atoms with van der Waals surface area (Å²) in [6, 6.07) is 17.3. The quantitative estimate of drug-likeness (QED) is 0.828. The predicted molar refractivity (Wildman–Crippen MR) is 108 cm³/mol. The summed E-state index contributed by atoms with van der Waals surface area (Å²) in [5, 5.41) is 2.72. The minimum atomic E-state index is -3.31. The maximum absolute atomic E-state index is 12.4. The minimum Gasteiger partial charge on any atom is -0.351 e. The molecule has 144 valence electrons. The van der Waals surface area contributed by atoms with Gasteiger partial charge in [-0.25, -0.2) is 12.7 Å². The van der Waals surface area contributed by atoms with Crippen LogP contribution in [0.1, 0.15) is 36.0 Å². The van der Waals surface area contributed by atoms with Crippen molar-refractivity contribution >= 4 is 15.9 Å². The zero-order valence-electron chi connectivity index (χ0n) is 15.4. The molecular weight excluding hydrogens is 360 g/mol. The van der Waals surface area contributed by atoms with Crippen LogP contribution in [0.2, 0.25) is 0 Å². The smallest absolute Gasteiger partial charge is 0.251 e. The average molecular weight is 387 g/mol. The molecule has 0 saturated carbocycles. The topological polar surface area (TPSA) is 66.5 Å². The first-order valence-electron chi connectivity index (χ1n) is 9.48. The van der Waals surface area contributed by atoms with Crippen LogP contribution < -0.4 is 5.32 Å². The summed E-state index contributed by atoms with van der Waals surface area (Å²) < 4.78 is 26.4. The summed E-state index contributed by atoms with van der Waals surface area (Å²) in [7, 11) is -3.31. The van der Waals surface area contributed by atoms with Crippen molar-refractivity contribution in [1.29, 1.82) is 0 Å². The molecule has 3 rings (SSSR count). The highest BCUT2D eigenvalue weighted by atomic mass is 32.2. The van der Waals surface area contributed by atoms with Gasteiger partial charge in [0.25, 0.3) is 5.91 Å². The molecule has 0 atom stereocenters. The van der Waals surface area contributed by atoms with Crippen molar-refractivity contribution in [3.63, 3.8) is 0 Å². The number of hydrogen-bond donors (Lipinski definition) is 1. The van der Waals surface area contributed by atoms with Crippen LogP contribution in [0.3, 0.4) is 0 Å². The van der Waals surface area contributed by atoms with Crippen molar-refractivity contribution in [2.45, 2.75) is 25.7 Å². The Labute approximate surface area is 161 Å². The molecule has 1 fully saturated rings.